The van der Waals surface area contributed by atoms with Gasteiger partial charge in [0.05, 0.1) is 17.8 Å². The normalized spacial score (nSPS) is 11.4. The number of rotatable bonds is 5. The van der Waals surface area contributed by atoms with E-state index < -0.39 is 34.9 Å². The molecule has 0 radical (unpaired) electrons. The third-order valence-electron chi connectivity index (χ3n) is 3.76. The number of pyridine rings is 2. The number of aromatic nitrogens is 2. The molecule has 0 fully saturated rings. The summed E-state index contributed by atoms with van der Waals surface area (Å²) in [5, 5.41) is 9.46. The number of aryl methyl sites for hydroxylation is 1. The average molecular weight is 406 g/mol. The minimum atomic E-state index is -1.72. The Kier molecular flexibility index (Phi) is 6.03. The molecule has 2 heterocycles. The molecule has 3 aromatic rings. The SMILES string of the molecule is Cc1ccc(C(=NCc2ccccn2)NO)c(Oc2c(F)c(F)cc(F)c2F)n1. The van der Waals surface area contributed by atoms with Gasteiger partial charge in [-0.25, -0.2) is 13.8 Å². The van der Waals surface area contributed by atoms with Crippen LogP contribution in [0.5, 0.6) is 11.6 Å². The molecule has 0 unspecified atom stereocenters. The zero-order valence-electron chi connectivity index (χ0n) is 15.0. The highest BCUT2D eigenvalue weighted by atomic mass is 19.2. The lowest BCUT2D eigenvalue weighted by atomic mass is 10.2. The summed E-state index contributed by atoms with van der Waals surface area (Å²) < 4.78 is 60.0. The monoisotopic (exact) mass is 406 g/mol. The number of nitrogens with zero attached hydrogens (tertiary/aromatic N) is 3. The van der Waals surface area contributed by atoms with Crippen LogP contribution < -0.4 is 10.2 Å². The molecule has 10 heteroatoms. The zero-order valence-corrected chi connectivity index (χ0v) is 15.0. The van der Waals surface area contributed by atoms with Gasteiger partial charge in [-0.05, 0) is 31.2 Å². The minimum Gasteiger partial charge on any atom is -0.432 e. The summed E-state index contributed by atoms with van der Waals surface area (Å²) >= 11 is 0. The Labute approximate surface area is 162 Å². The van der Waals surface area contributed by atoms with Crippen molar-refractivity contribution in [2.75, 3.05) is 0 Å². The predicted molar refractivity (Wildman–Crippen MR) is 94.7 cm³/mol. The highest BCUT2D eigenvalue weighted by Crippen LogP contribution is 2.32. The molecule has 29 heavy (non-hydrogen) atoms. The van der Waals surface area contributed by atoms with Crippen molar-refractivity contribution in [2.45, 2.75) is 13.5 Å². The van der Waals surface area contributed by atoms with Crippen LogP contribution in [0.1, 0.15) is 17.0 Å². The molecule has 3 rings (SSSR count). The smallest absolute Gasteiger partial charge is 0.230 e. The molecule has 2 aromatic heterocycles. The maximum atomic E-state index is 14.0. The molecule has 150 valence electrons. The second-order valence-electron chi connectivity index (χ2n) is 5.80. The summed E-state index contributed by atoms with van der Waals surface area (Å²) in [6.45, 7) is 1.61. The first-order valence-corrected chi connectivity index (χ1v) is 8.24. The second kappa shape index (κ2) is 8.65. The van der Waals surface area contributed by atoms with Gasteiger partial charge >= 0.3 is 0 Å². The van der Waals surface area contributed by atoms with E-state index in [2.05, 4.69) is 15.0 Å². The van der Waals surface area contributed by atoms with E-state index in [0.29, 0.717) is 11.4 Å². The van der Waals surface area contributed by atoms with Crippen molar-refractivity contribution in [3.05, 3.63) is 82.8 Å². The van der Waals surface area contributed by atoms with Crippen molar-refractivity contribution >= 4 is 5.84 Å². The average Bonchev–Trinajstić information content (AvgIpc) is 2.72. The van der Waals surface area contributed by atoms with Crippen LogP contribution in [0.25, 0.3) is 0 Å². The van der Waals surface area contributed by atoms with Crippen LogP contribution in [0.15, 0.2) is 47.6 Å². The summed E-state index contributed by atoms with van der Waals surface area (Å²) in [5.41, 5.74) is 2.80. The Morgan fingerprint density at radius 2 is 1.83 bits per heavy atom. The Balaban J connectivity index is 2.02. The fourth-order valence-corrected chi connectivity index (χ4v) is 2.36. The van der Waals surface area contributed by atoms with Crippen molar-refractivity contribution in [1.82, 2.24) is 15.4 Å². The van der Waals surface area contributed by atoms with Crippen LogP contribution in [-0.2, 0) is 6.54 Å². The quantitative estimate of drug-likeness (QED) is 0.220. The first kappa shape index (κ1) is 20.2. The van der Waals surface area contributed by atoms with Gasteiger partial charge in [0.25, 0.3) is 0 Å². The summed E-state index contributed by atoms with van der Waals surface area (Å²) in [4.78, 5) is 12.2. The van der Waals surface area contributed by atoms with Crippen LogP contribution in [-0.4, -0.2) is 21.0 Å². The van der Waals surface area contributed by atoms with Crippen molar-refractivity contribution in [3.63, 3.8) is 0 Å². The molecule has 0 aliphatic rings. The topological polar surface area (TPSA) is 79.6 Å². The number of benzene rings is 1. The fourth-order valence-electron chi connectivity index (χ4n) is 2.36. The maximum absolute atomic E-state index is 14.0. The van der Waals surface area contributed by atoms with Gasteiger partial charge in [0.15, 0.2) is 17.5 Å². The fraction of sp³-hybridized carbons (Fsp3) is 0.105. The van der Waals surface area contributed by atoms with Crippen molar-refractivity contribution in [3.8, 4) is 11.6 Å². The Hall–Kier alpha value is -3.53. The van der Waals surface area contributed by atoms with E-state index >= 15 is 0 Å². The molecule has 0 aliphatic carbocycles. The van der Waals surface area contributed by atoms with E-state index in [4.69, 9.17) is 4.74 Å². The van der Waals surface area contributed by atoms with Crippen molar-refractivity contribution in [1.29, 1.82) is 0 Å². The number of hydroxylamine groups is 1. The van der Waals surface area contributed by atoms with E-state index in [1.807, 2.05) is 5.48 Å². The standard InChI is InChI=1S/C19H14F4N4O2/c1-10-5-6-12(18(27-28)25-9-11-4-2-3-7-24-11)19(26-10)29-17-15(22)13(20)8-14(21)16(17)23/h2-8,28H,9H2,1H3,(H,25,27). The van der Waals surface area contributed by atoms with Gasteiger partial charge in [0.1, 0.15) is 0 Å². The molecule has 0 aliphatic heterocycles. The van der Waals surface area contributed by atoms with Crippen molar-refractivity contribution < 1.29 is 27.5 Å². The first-order valence-electron chi connectivity index (χ1n) is 8.24. The van der Waals surface area contributed by atoms with E-state index in [1.54, 1.807) is 31.3 Å². The number of nitrogens with one attached hydrogen (secondary N) is 1. The molecule has 0 saturated carbocycles. The molecule has 0 amide bonds. The second-order valence-corrected chi connectivity index (χ2v) is 5.80. The van der Waals surface area contributed by atoms with E-state index in [0.717, 1.165) is 0 Å². The number of halogens is 4. The van der Waals surface area contributed by atoms with Gasteiger partial charge in [0, 0.05) is 18.0 Å². The largest absolute Gasteiger partial charge is 0.432 e. The molecule has 6 nitrogen and oxygen atoms in total. The van der Waals surface area contributed by atoms with Crippen LogP contribution in [0.3, 0.4) is 0 Å². The number of aliphatic imine (C=N–C) groups is 1. The van der Waals surface area contributed by atoms with Gasteiger partial charge in [-0.15, -0.1) is 0 Å². The van der Waals surface area contributed by atoms with Crippen LogP contribution in [0, 0.1) is 30.2 Å². The Morgan fingerprint density at radius 3 is 2.45 bits per heavy atom. The van der Waals surface area contributed by atoms with E-state index in [9.17, 15) is 22.8 Å². The summed E-state index contributed by atoms with van der Waals surface area (Å²) in [7, 11) is 0. The van der Waals surface area contributed by atoms with Gasteiger partial charge < -0.3 is 4.74 Å². The zero-order chi connectivity index (χ0) is 21.0. The molecular formula is C19H14F4N4O2. The highest BCUT2D eigenvalue weighted by molar-refractivity contribution is 6.00. The van der Waals surface area contributed by atoms with Gasteiger partial charge in [-0.2, -0.15) is 8.78 Å². The van der Waals surface area contributed by atoms with Crippen LogP contribution in [0.2, 0.25) is 0 Å². The van der Waals surface area contributed by atoms with Gasteiger partial charge in [-0.3, -0.25) is 20.7 Å². The van der Waals surface area contributed by atoms with Crippen LogP contribution in [0.4, 0.5) is 17.6 Å². The molecule has 1 aromatic carbocycles. The molecular weight excluding hydrogens is 392 g/mol. The van der Waals surface area contributed by atoms with E-state index in [-0.39, 0.29) is 24.0 Å². The first-order chi connectivity index (χ1) is 13.9. The van der Waals surface area contributed by atoms with Crippen LogP contribution >= 0.6 is 0 Å². The third kappa shape index (κ3) is 4.49. The Morgan fingerprint density at radius 1 is 1.10 bits per heavy atom. The Bertz CT molecular complexity index is 1040. The predicted octanol–water partition coefficient (Wildman–Crippen LogP) is 4.06. The molecule has 2 N–H and O–H groups in total. The number of amidine groups is 1. The summed E-state index contributed by atoms with van der Waals surface area (Å²) in [6.07, 6.45) is 1.56. The number of ether oxygens (including phenoxy) is 1. The van der Waals surface area contributed by atoms with Gasteiger partial charge in [0.2, 0.25) is 23.3 Å². The molecule has 0 spiro atoms. The molecule has 0 atom stereocenters. The highest BCUT2D eigenvalue weighted by Gasteiger charge is 2.23. The number of hydrogen-bond acceptors (Lipinski definition) is 5. The van der Waals surface area contributed by atoms with Gasteiger partial charge in [-0.1, -0.05) is 6.07 Å². The molecule has 0 saturated heterocycles. The number of hydrogen-bond donors (Lipinski definition) is 2. The van der Waals surface area contributed by atoms with Crippen molar-refractivity contribution in [2.24, 2.45) is 4.99 Å². The van der Waals surface area contributed by atoms with E-state index in [1.165, 1.54) is 12.1 Å². The molecule has 0 bridgehead atoms. The lowest BCUT2D eigenvalue weighted by molar-refractivity contribution is 0.234. The summed E-state index contributed by atoms with van der Waals surface area (Å²) in [6, 6.07) is 8.16. The minimum absolute atomic E-state index is 0.00231. The lowest BCUT2D eigenvalue weighted by Crippen LogP contribution is -2.22. The third-order valence-corrected chi connectivity index (χ3v) is 3.76. The maximum Gasteiger partial charge on any atom is 0.230 e. The summed E-state index contributed by atoms with van der Waals surface area (Å²) in [5.74, 6) is -8.58. The lowest BCUT2D eigenvalue weighted by Gasteiger charge is -2.13.